The molecule has 286 valence electrons. The van der Waals surface area contributed by atoms with Crippen LogP contribution in [-0.4, -0.2) is 161 Å². The van der Waals surface area contributed by atoms with E-state index in [4.69, 9.17) is 26.6 Å². The van der Waals surface area contributed by atoms with Crippen LogP contribution in [0.2, 0.25) is 0 Å². The Morgan fingerprint density at radius 2 is 1.00 bits per heavy atom. The Bertz CT molecular complexity index is 847. The van der Waals surface area contributed by atoms with Gasteiger partial charge in [0.2, 0.25) is 0 Å². The third-order valence-corrected chi connectivity index (χ3v) is 10.1. The van der Waals surface area contributed by atoms with Crippen LogP contribution in [0.5, 0.6) is 0 Å². The molecule has 0 spiro atoms. The molecule has 0 aromatic carbocycles. The van der Waals surface area contributed by atoms with Crippen LogP contribution in [0, 0.1) is 0 Å². The van der Waals surface area contributed by atoms with Crippen LogP contribution in [0.25, 0.3) is 31.9 Å². The average molecular weight is 808 g/mol. The molecule has 6 aliphatic rings. The van der Waals surface area contributed by atoms with E-state index in [1.54, 1.807) is 0 Å². The topological polar surface area (TPSA) is 129 Å². The molecular weight excluding hydrogens is 745 g/mol. The Balaban J connectivity index is 0.000000303. The van der Waals surface area contributed by atoms with E-state index in [0.29, 0.717) is 30.5 Å². The minimum atomic E-state index is 0. The first-order valence-corrected chi connectivity index (χ1v) is 21.4. The second-order valence-electron chi connectivity index (χ2n) is 13.8. The summed E-state index contributed by atoms with van der Waals surface area (Å²) in [5.74, 6) is 0. The summed E-state index contributed by atoms with van der Waals surface area (Å²) in [4.78, 5) is 9.91. The van der Waals surface area contributed by atoms with Gasteiger partial charge in [-0.3, -0.25) is 0 Å². The second kappa shape index (κ2) is 28.0. The number of nitrogens with zero attached hydrogens (tertiary/aromatic N) is 10. The molecule has 6 aliphatic heterocycles. The molecule has 2 N–H and O–H groups in total. The van der Waals surface area contributed by atoms with Crippen LogP contribution in [0.1, 0.15) is 57.8 Å². The van der Waals surface area contributed by atoms with Gasteiger partial charge >= 0.3 is 50.4 Å². The molecule has 0 saturated carbocycles. The van der Waals surface area contributed by atoms with E-state index in [0.717, 1.165) is 85.1 Å². The van der Waals surface area contributed by atoms with Gasteiger partial charge in [-0.25, -0.2) is 0 Å². The first-order valence-electron chi connectivity index (χ1n) is 18.1. The van der Waals surface area contributed by atoms with Crippen molar-refractivity contribution in [3.05, 3.63) is 56.3 Å². The molecule has 0 bridgehead atoms. The predicted molar refractivity (Wildman–Crippen MR) is 201 cm³/mol. The van der Waals surface area contributed by atoms with Gasteiger partial charge in [0.25, 0.3) is 0 Å². The van der Waals surface area contributed by atoms with Crippen LogP contribution < -0.4 is 0 Å². The van der Waals surface area contributed by atoms with E-state index in [1.807, 2.05) is 12.3 Å². The summed E-state index contributed by atoms with van der Waals surface area (Å²) in [6.45, 7) is 13.7. The molecule has 15 heteroatoms. The molecule has 49 heavy (non-hydrogen) atoms. The summed E-state index contributed by atoms with van der Waals surface area (Å²) in [5.41, 5.74) is 0. The van der Waals surface area contributed by atoms with Crippen molar-refractivity contribution in [1.29, 1.82) is 0 Å². The Morgan fingerprint density at radius 3 is 1.33 bits per heavy atom. The normalized spacial score (nSPS) is 30.2. The first kappa shape index (κ1) is 45.7. The van der Waals surface area contributed by atoms with Crippen molar-refractivity contribution < 1.29 is 35.7 Å². The van der Waals surface area contributed by atoms with E-state index in [2.05, 4.69) is 102 Å². The van der Waals surface area contributed by atoms with E-state index in [1.165, 1.54) is 57.8 Å². The standard InChI is InChI=1S/C17H32N5.C17H28N5.2ClH.2Mn.H2O/c2*1-21-11-10-20-17(21)14-22(12-15-6-2-4-8-18-15)13-16-7-3-5-9-19-16;;;;;/h15-17H,2-14H2,1H3;2,4,6,8,15-17H,3,5,7,9-14H2,1H3;2*1H;;;1H2/q2*-3;;;2*+2;/p-2. The van der Waals surface area contributed by atoms with Crippen LogP contribution in [-0.2, 0) is 30.2 Å². The third-order valence-electron chi connectivity index (χ3n) is 10.1. The molecule has 6 atom stereocenters. The summed E-state index contributed by atoms with van der Waals surface area (Å²) in [5, 5.41) is 28.6. The molecule has 0 aliphatic carbocycles. The number of piperidine rings is 3. The number of allylic oxidation sites excluding steroid dienone is 2. The van der Waals surface area contributed by atoms with Gasteiger partial charge in [0, 0.05) is 0 Å². The van der Waals surface area contributed by atoms with Crippen molar-refractivity contribution in [3.8, 4) is 0 Å². The Kier molecular flexibility index (Phi) is 26.1. The van der Waals surface area contributed by atoms with Crippen molar-refractivity contribution in [2.45, 2.75) is 94.3 Å². The monoisotopic (exact) mass is 806 g/mol. The van der Waals surface area contributed by atoms with Gasteiger partial charge in [0.15, 0.2) is 0 Å². The van der Waals surface area contributed by atoms with Crippen LogP contribution in [0.3, 0.4) is 0 Å². The minimum absolute atomic E-state index is 0. The van der Waals surface area contributed by atoms with Crippen molar-refractivity contribution in [2.24, 2.45) is 0 Å². The fourth-order valence-corrected chi connectivity index (χ4v) is 7.35. The summed E-state index contributed by atoms with van der Waals surface area (Å²) in [6, 6.07) is 1.87. The van der Waals surface area contributed by atoms with Gasteiger partial charge in [-0.15, -0.1) is 50.8 Å². The van der Waals surface area contributed by atoms with Crippen molar-refractivity contribution in [3.63, 3.8) is 0 Å². The molecule has 6 unspecified atom stereocenters. The SMILES string of the molecule is CN1CC[N-]C1CN(CC1C=CC=C[N-]1)CC1CCCC[N-]1.CN1CC[N-]C1CN(CC1CCCC[N-]1)CC1CCCC[N-]1.O.[Cl][Mn+].[Cl][Mn+]. The van der Waals surface area contributed by atoms with Crippen molar-refractivity contribution in [2.75, 3.05) is 99.2 Å². The molecule has 5 fully saturated rings. The molecule has 5 saturated heterocycles. The van der Waals surface area contributed by atoms with Gasteiger partial charge in [0.1, 0.15) is 0 Å². The van der Waals surface area contributed by atoms with E-state index >= 15 is 0 Å². The zero-order valence-electron chi connectivity index (χ0n) is 29.8. The van der Waals surface area contributed by atoms with E-state index in [9.17, 15) is 0 Å². The van der Waals surface area contributed by atoms with Gasteiger partial charge < -0.3 is 57.0 Å². The van der Waals surface area contributed by atoms with E-state index in [-0.39, 0.29) is 11.5 Å². The summed E-state index contributed by atoms with van der Waals surface area (Å²) >= 11 is 4.82. The molecule has 0 aromatic rings. The first-order chi connectivity index (χ1) is 23.6. The fraction of sp³-hybridized carbons (Fsp3) is 0.882. The maximum absolute atomic E-state index is 4.84. The average Bonchev–Trinajstić information content (AvgIpc) is 3.74. The zero-order valence-corrected chi connectivity index (χ0v) is 33.7. The summed E-state index contributed by atoms with van der Waals surface area (Å²) in [6.07, 6.45) is 20.6. The summed E-state index contributed by atoms with van der Waals surface area (Å²) in [7, 11) is 13.3. The number of hydrogen-bond acceptors (Lipinski definition) is 4. The van der Waals surface area contributed by atoms with Crippen LogP contribution in [0.4, 0.5) is 0 Å². The molecular formula is C34H62Cl2Mn2N10O-4. The van der Waals surface area contributed by atoms with Gasteiger partial charge in [-0.1, -0.05) is 94.4 Å². The van der Waals surface area contributed by atoms with Gasteiger partial charge in [0.05, 0.1) is 0 Å². The molecule has 0 radical (unpaired) electrons. The van der Waals surface area contributed by atoms with Crippen LogP contribution >= 0.6 is 20.2 Å². The third kappa shape index (κ3) is 17.9. The summed E-state index contributed by atoms with van der Waals surface area (Å²) < 4.78 is 0. The van der Waals surface area contributed by atoms with Crippen molar-refractivity contribution >= 4 is 20.2 Å². The fourth-order valence-electron chi connectivity index (χ4n) is 7.35. The Morgan fingerprint density at radius 1 is 0.571 bits per heavy atom. The molecule has 6 heterocycles. The van der Waals surface area contributed by atoms with E-state index < -0.39 is 0 Å². The molecule has 0 aromatic heterocycles. The quantitative estimate of drug-likeness (QED) is 0.224. The maximum atomic E-state index is 4.84. The Hall–Kier alpha value is 0.499. The number of hydrogen-bond donors (Lipinski definition) is 0. The Labute approximate surface area is 323 Å². The number of halogens is 2. The molecule has 6 rings (SSSR count). The molecule has 11 nitrogen and oxygen atoms in total. The van der Waals surface area contributed by atoms with Gasteiger partial charge in [-0.05, 0) is 66.5 Å². The van der Waals surface area contributed by atoms with Gasteiger partial charge in [-0.2, -0.15) is 6.20 Å². The number of likely N-dealkylation sites (N-methyl/N-ethyl adjacent to an activating group) is 2. The molecule has 0 amide bonds. The zero-order chi connectivity index (χ0) is 34.4. The number of rotatable bonds is 12. The predicted octanol–water partition coefficient (Wildman–Crippen LogP) is 6.02. The van der Waals surface area contributed by atoms with Crippen molar-refractivity contribution in [1.82, 2.24) is 19.6 Å². The van der Waals surface area contributed by atoms with Crippen LogP contribution in [0.15, 0.2) is 24.4 Å². The second-order valence-corrected chi connectivity index (χ2v) is 13.8.